The van der Waals surface area contributed by atoms with E-state index in [0.717, 1.165) is 78.5 Å². The minimum atomic E-state index is -2.20. The van der Waals surface area contributed by atoms with Crippen LogP contribution in [0.4, 0.5) is 0 Å². The second kappa shape index (κ2) is 11.6. The van der Waals surface area contributed by atoms with Crippen LogP contribution in [-0.4, -0.2) is 112 Å². The van der Waals surface area contributed by atoms with Crippen LogP contribution in [0.25, 0.3) is 0 Å². The normalized spacial score (nSPS) is 28.8. The van der Waals surface area contributed by atoms with Gasteiger partial charge in [-0.2, -0.15) is 0 Å². The van der Waals surface area contributed by atoms with Crippen molar-refractivity contribution in [3.05, 3.63) is 0 Å². The predicted molar refractivity (Wildman–Crippen MR) is 155 cm³/mol. The maximum absolute atomic E-state index is 7.23. The molecule has 12 heteroatoms. The highest BCUT2D eigenvalue weighted by molar-refractivity contribution is 7.60. The van der Waals surface area contributed by atoms with E-state index in [-0.39, 0.29) is 0 Å². The maximum atomic E-state index is 7.23. The second-order valence-corrected chi connectivity index (χ2v) is 18.0. The quantitative estimate of drug-likeness (QED) is 0.344. The van der Waals surface area contributed by atoms with Gasteiger partial charge in [-0.15, -0.1) is 0 Å². The first-order chi connectivity index (χ1) is 18.0. The van der Waals surface area contributed by atoms with Crippen molar-refractivity contribution < 1.29 is 0 Å². The Bertz CT molecular complexity index is 709. The van der Waals surface area contributed by atoms with Crippen molar-refractivity contribution >= 4 is 15.0 Å². The molecule has 0 saturated carbocycles. The molecule has 6 aliphatic heterocycles. The number of nitrogens with two attached hydrogens (primary N) is 2. The van der Waals surface area contributed by atoms with E-state index in [9.17, 15) is 0 Å². The van der Waals surface area contributed by atoms with Crippen LogP contribution in [0.5, 0.6) is 0 Å². The molecule has 0 bridgehead atoms. The molecule has 0 atom stereocenters. The van der Waals surface area contributed by atoms with Gasteiger partial charge in [0.15, 0.2) is 15.0 Å². The molecule has 4 N–H and O–H groups in total. The summed E-state index contributed by atoms with van der Waals surface area (Å²) in [7, 11) is -4.40. The Labute approximate surface area is 225 Å². The third-order valence-electron chi connectivity index (χ3n) is 9.36. The first kappa shape index (κ1) is 27.3. The summed E-state index contributed by atoms with van der Waals surface area (Å²) in [6.07, 6.45) is 15.1. The van der Waals surface area contributed by atoms with Gasteiger partial charge in [0, 0.05) is 78.5 Å². The van der Waals surface area contributed by atoms with E-state index in [4.69, 9.17) is 21.0 Å². The fraction of sp³-hybridized carbons (Fsp3) is 1.00. The van der Waals surface area contributed by atoms with Gasteiger partial charge in [-0.3, -0.25) is 11.5 Å². The fourth-order valence-corrected chi connectivity index (χ4v) is 16.6. The molecule has 0 aromatic carbocycles. The molecule has 0 amide bonds. The zero-order valence-electron chi connectivity index (χ0n) is 23.1. The summed E-state index contributed by atoms with van der Waals surface area (Å²) in [4.78, 5) is 0. The Hall–Kier alpha value is 0.140. The lowest BCUT2D eigenvalue weighted by Gasteiger charge is -2.49. The van der Waals surface area contributed by atoms with Crippen molar-refractivity contribution in [3.63, 3.8) is 0 Å². The van der Waals surface area contributed by atoms with Gasteiger partial charge < -0.3 is 0 Å². The Kier molecular flexibility index (Phi) is 8.53. The lowest BCUT2D eigenvalue weighted by molar-refractivity contribution is 0.354. The molecule has 0 aliphatic carbocycles. The summed E-state index contributed by atoms with van der Waals surface area (Å²) in [5, 5.41) is 0. The first-order valence-electron chi connectivity index (χ1n) is 15.4. The molecule has 0 aromatic heterocycles. The van der Waals surface area contributed by atoms with Crippen LogP contribution in [-0.2, 0) is 0 Å². The van der Waals surface area contributed by atoms with Gasteiger partial charge in [0.05, 0.1) is 0 Å². The average Bonchev–Trinajstić information content (AvgIpc) is 3.77. The van der Waals surface area contributed by atoms with Crippen LogP contribution in [0.2, 0.25) is 0 Å². The molecule has 6 rings (SSSR count). The summed E-state index contributed by atoms with van der Waals surface area (Å²) in [6, 6.07) is 0. The lowest BCUT2D eigenvalue weighted by atomic mass is 10.4. The van der Waals surface area contributed by atoms with E-state index in [1.165, 1.54) is 77.0 Å². The molecule has 0 spiro atoms. The molecular formula is C25H52N10P2. The lowest BCUT2D eigenvalue weighted by Crippen LogP contribution is -2.50. The number of hydrogen-bond acceptors (Lipinski definition) is 4. The van der Waals surface area contributed by atoms with E-state index >= 15 is 0 Å². The van der Waals surface area contributed by atoms with Crippen molar-refractivity contribution in [2.45, 2.75) is 83.0 Å². The molecular weight excluding hydrogens is 502 g/mol. The number of hydrogen-bond donors (Lipinski definition) is 2. The van der Waals surface area contributed by atoms with Crippen LogP contribution in [0.1, 0.15) is 77.0 Å². The molecule has 6 saturated heterocycles. The molecule has 0 unspecified atom stereocenters. The largest absolute Gasteiger partial charge is 0.275 e. The molecule has 212 valence electrons. The van der Waals surface area contributed by atoms with Crippen LogP contribution >= 0.6 is 15.0 Å². The zero-order valence-corrected chi connectivity index (χ0v) is 24.9. The maximum Gasteiger partial charge on any atom is 0.263 e. The van der Waals surface area contributed by atoms with E-state index in [2.05, 4.69) is 28.0 Å². The van der Waals surface area contributed by atoms with Crippen molar-refractivity contribution in [2.24, 2.45) is 21.0 Å². The number of rotatable bonds is 8. The Morgan fingerprint density at radius 1 is 0.351 bits per heavy atom. The fourth-order valence-electron chi connectivity index (χ4n) is 7.72. The summed E-state index contributed by atoms with van der Waals surface area (Å²) in [5.41, 5.74) is 14.5. The summed E-state index contributed by atoms with van der Waals surface area (Å²) >= 11 is 0. The van der Waals surface area contributed by atoms with E-state index in [1.54, 1.807) is 0 Å². The average molecular weight is 555 g/mol. The molecule has 6 heterocycles. The molecule has 0 aromatic rings. The minimum Gasteiger partial charge on any atom is -0.275 e. The third kappa shape index (κ3) is 5.18. The highest BCUT2D eigenvalue weighted by atomic mass is 31.2. The first-order valence-corrected chi connectivity index (χ1v) is 18.6. The van der Waals surface area contributed by atoms with E-state index in [0.29, 0.717) is 0 Å². The van der Waals surface area contributed by atoms with Gasteiger partial charge in [-0.05, 0) is 77.0 Å². The highest BCUT2D eigenvalue weighted by Crippen LogP contribution is 2.66. The molecule has 6 fully saturated rings. The second-order valence-electron chi connectivity index (χ2n) is 12.0. The highest BCUT2D eigenvalue weighted by Gasteiger charge is 2.48. The summed E-state index contributed by atoms with van der Waals surface area (Å²) < 4.78 is 27.7. The SMILES string of the molecule is NC(N)(N=P(N1CCCC1)(N1CCCC1)N1CCCC1)N=P(N1CCCC1)(N1CCCC1)N1CCCC1. The zero-order chi connectivity index (χ0) is 25.3. The van der Waals surface area contributed by atoms with Gasteiger partial charge in [0.1, 0.15) is 0 Å². The monoisotopic (exact) mass is 554 g/mol. The Morgan fingerprint density at radius 3 is 0.676 bits per heavy atom. The smallest absolute Gasteiger partial charge is 0.263 e. The Balaban J connectivity index is 1.52. The van der Waals surface area contributed by atoms with E-state index < -0.39 is 20.9 Å². The van der Waals surface area contributed by atoms with Gasteiger partial charge in [0.25, 0.3) is 5.91 Å². The van der Waals surface area contributed by atoms with Gasteiger partial charge in [0.2, 0.25) is 0 Å². The minimum absolute atomic E-state index is 1.12. The molecule has 37 heavy (non-hydrogen) atoms. The predicted octanol–water partition coefficient (Wildman–Crippen LogP) is 3.98. The molecule has 10 nitrogen and oxygen atoms in total. The van der Waals surface area contributed by atoms with Crippen LogP contribution in [0, 0.1) is 0 Å². The summed E-state index contributed by atoms with van der Waals surface area (Å²) in [6.45, 7) is 13.4. The number of nitrogens with zero attached hydrogens (tertiary/aromatic N) is 8. The van der Waals surface area contributed by atoms with Gasteiger partial charge in [-0.25, -0.2) is 37.5 Å². The molecule has 6 aliphatic rings. The van der Waals surface area contributed by atoms with Crippen molar-refractivity contribution in [2.75, 3.05) is 78.5 Å². The van der Waals surface area contributed by atoms with Crippen molar-refractivity contribution in [3.8, 4) is 0 Å². The van der Waals surface area contributed by atoms with Crippen LogP contribution in [0.3, 0.4) is 0 Å². The topological polar surface area (TPSA) is 96.2 Å². The van der Waals surface area contributed by atoms with Gasteiger partial charge in [-0.1, -0.05) is 0 Å². The van der Waals surface area contributed by atoms with Crippen molar-refractivity contribution in [1.29, 1.82) is 0 Å². The van der Waals surface area contributed by atoms with Gasteiger partial charge >= 0.3 is 0 Å². The van der Waals surface area contributed by atoms with Crippen LogP contribution < -0.4 is 11.5 Å². The van der Waals surface area contributed by atoms with Crippen LogP contribution in [0.15, 0.2) is 9.49 Å². The standard InChI is InChI=1S/C25H52N10P2/c26-25(27,28-36(30-13-1-2-14-30,31-15-3-4-16-31)32-17-5-6-18-32)29-37(33-19-7-8-20-33,34-21-9-10-22-34)35-23-11-12-24-35/h1-24,26-27H2. The molecule has 0 radical (unpaired) electrons. The summed E-state index contributed by atoms with van der Waals surface area (Å²) in [5.74, 6) is -1.39. The van der Waals surface area contributed by atoms with Crippen molar-refractivity contribution in [1.82, 2.24) is 28.0 Å². The third-order valence-corrected chi connectivity index (χ3v) is 17.5. The van der Waals surface area contributed by atoms with E-state index in [1.807, 2.05) is 0 Å². The Morgan fingerprint density at radius 2 is 0.514 bits per heavy atom.